The highest BCUT2D eigenvalue weighted by atomic mass is 35.5. The molecular weight excluding hydrogens is 263 g/mol. The molecule has 0 aliphatic carbocycles. The van der Waals surface area contributed by atoms with E-state index in [1.165, 1.54) is 0 Å². The van der Waals surface area contributed by atoms with Crippen molar-refractivity contribution in [2.45, 2.75) is 46.0 Å². The molecule has 0 rings (SSSR count). The Kier molecular flexibility index (Phi) is 19.9. The number of hydrogen-bond donors (Lipinski definition) is 2. The second kappa shape index (κ2) is 15.5. The summed E-state index contributed by atoms with van der Waals surface area (Å²) in [4.78, 5) is 0. The lowest BCUT2D eigenvalue weighted by Crippen LogP contribution is -2.13. The molecule has 4 nitrogen and oxygen atoms in total. The molecule has 0 saturated carbocycles. The van der Waals surface area contributed by atoms with Crippen LogP contribution in [0.2, 0.25) is 0 Å². The molecule has 0 aromatic heterocycles. The number of unbranched alkanes of at least 4 members (excludes halogenated alkanes) is 2. The first-order valence-corrected chi connectivity index (χ1v) is 5.61. The molecule has 0 unspecified atom stereocenters. The third kappa shape index (κ3) is 15.5. The van der Waals surface area contributed by atoms with Crippen molar-refractivity contribution in [3.05, 3.63) is 0 Å². The molecule has 0 saturated heterocycles. The number of nitrogens with one attached hydrogen (secondary N) is 2. The first-order chi connectivity index (χ1) is 7.20. The molecule has 0 fully saturated rings. The van der Waals surface area contributed by atoms with E-state index in [2.05, 4.69) is 13.8 Å². The average Bonchev–Trinajstić information content (AvgIpc) is 2.18. The van der Waals surface area contributed by atoms with Crippen molar-refractivity contribution in [3.63, 3.8) is 0 Å². The lowest BCUT2D eigenvalue weighted by Gasteiger charge is -2.08. The fraction of sp³-hybridized carbons (Fsp3) is 0.818. The minimum Gasteiger partial charge on any atom is -0.481 e. The van der Waals surface area contributed by atoms with Crippen molar-refractivity contribution in [2.24, 2.45) is 0 Å². The van der Waals surface area contributed by atoms with Gasteiger partial charge >= 0.3 is 0 Å². The molecule has 0 aliphatic heterocycles. The van der Waals surface area contributed by atoms with Crippen molar-refractivity contribution in [1.29, 1.82) is 10.8 Å². The molecule has 0 heterocycles. The molecule has 0 aromatic rings. The Morgan fingerprint density at radius 1 is 0.824 bits per heavy atom. The zero-order valence-electron chi connectivity index (χ0n) is 10.6. The average molecular weight is 287 g/mol. The van der Waals surface area contributed by atoms with Crippen LogP contribution in [0.25, 0.3) is 0 Å². The van der Waals surface area contributed by atoms with Gasteiger partial charge in [-0.25, -0.2) is 0 Å². The van der Waals surface area contributed by atoms with Crippen LogP contribution in [0, 0.1) is 10.8 Å². The second-order valence-electron chi connectivity index (χ2n) is 3.43. The maximum absolute atomic E-state index is 7.43. The fourth-order valence-corrected chi connectivity index (χ4v) is 0.927. The standard InChI is InChI=1S/C11H22N2O2.2ClH/c1-3-5-7-14-10(12)9-11(13)15-8-6-4-2;;/h12-13H,3-9H2,1-2H3;2*1H. The first kappa shape index (κ1) is 21.8. The van der Waals surface area contributed by atoms with E-state index in [-0.39, 0.29) is 43.0 Å². The Bertz CT molecular complexity index is 182. The Morgan fingerprint density at radius 2 is 1.18 bits per heavy atom. The number of halogens is 2. The molecule has 2 N–H and O–H groups in total. The number of hydrogen-bond acceptors (Lipinski definition) is 4. The van der Waals surface area contributed by atoms with Gasteiger partial charge in [0.1, 0.15) is 0 Å². The van der Waals surface area contributed by atoms with Gasteiger partial charge in [0, 0.05) is 0 Å². The third-order valence-corrected chi connectivity index (χ3v) is 1.87. The number of rotatable bonds is 8. The van der Waals surface area contributed by atoms with Gasteiger partial charge in [-0.2, -0.15) is 0 Å². The fourth-order valence-electron chi connectivity index (χ4n) is 0.927. The first-order valence-electron chi connectivity index (χ1n) is 5.61. The predicted molar refractivity (Wildman–Crippen MR) is 76.3 cm³/mol. The number of ether oxygens (including phenoxy) is 2. The van der Waals surface area contributed by atoms with Gasteiger partial charge in [-0.15, -0.1) is 24.8 Å². The molecule has 0 aromatic carbocycles. The van der Waals surface area contributed by atoms with Crippen LogP contribution in [-0.4, -0.2) is 25.0 Å². The van der Waals surface area contributed by atoms with Crippen LogP contribution < -0.4 is 0 Å². The van der Waals surface area contributed by atoms with E-state index >= 15 is 0 Å². The van der Waals surface area contributed by atoms with E-state index in [0.29, 0.717) is 13.2 Å². The van der Waals surface area contributed by atoms with Gasteiger partial charge in [-0.1, -0.05) is 26.7 Å². The van der Waals surface area contributed by atoms with Crippen molar-refractivity contribution >= 4 is 36.6 Å². The van der Waals surface area contributed by atoms with Crippen molar-refractivity contribution in [2.75, 3.05) is 13.2 Å². The molecule has 0 atom stereocenters. The van der Waals surface area contributed by atoms with Gasteiger partial charge in [-0.3, -0.25) is 10.8 Å². The summed E-state index contributed by atoms with van der Waals surface area (Å²) in [7, 11) is 0. The molecule has 0 radical (unpaired) electrons. The molecule has 0 spiro atoms. The lowest BCUT2D eigenvalue weighted by molar-refractivity contribution is 0.271. The molecule has 0 amide bonds. The largest absolute Gasteiger partial charge is 0.481 e. The maximum Gasteiger partial charge on any atom is 0.189 e. The van der Waals surface area contributed by atoms with Crippen LogP contribution in [0.4, 0.5) is 0 Å². The summed E-state index contributed by atoms with van der Waals surface area (Å²) >= 11 is 0. The highest BCUT2D eigenvalue weighted by Gasteiger charge is 2.04. The van der Waals surface area contributed by atoms with Crippen LogP contribution in [0.1, 0.15) is 46.0 Å². The van der Waals surface area contributed by atoms with E-state index in [1.807, 2.05) is 0 Å². The quantitative estimate of drug-likeness (QED) is 0.405. The van der Waals surface area contributed by atoms with Crippen molar-refractivity contribution in [3.8, 4) is 0 Å². The predicted octanol–water partition coefficient (Wildman–Crippen LogP) is 3.81. The highest BCUT2D eigenvalue weighted by molar-refractivity contribution is 5.94. The van der Waals surface area contributed by atoms with Gasteiger partial charge in [0.05, 0.1) is 19.6 Å². The summed E-state index contributed by atoms with van der Waals surface area (Å²) < 4.78 is 10.2. The monoisotopic (exact) mass is 286 g/mol. The minimum atomic E-state index is 0. The lowest BCUT2D eigenvalue weighted by atomic mass is 10.3. The van der Waals surface area contributed by atoms with E-state index < -0.39 is 0 Å². The summed E-state index contributed by atoms with van der Waals surface area (Å²) in [6.45, 7) is 5.28. The molecule has 0 bridgehead atoms. The van der Waals surface area contributed by atoms with Crippen LogP contribution >= 0.6 is 24.8 Å². The molecule has 17 heavy (non-hydrogen) atoms. The van der Waals surface area contributed by atoms with E-state index in [0.717, 1.165) is 25.7 Å². The van der Waals surface area contributed by atoms with E-state index in [4.69, 9.17) is 20.3 Å². The van der Waals surface area contributed by atoms with Crippen LogP contribution in [-0.2, 0) is 9.47 Å². The van der Waals surface area contributed by atoms with Crippen molar-refractivity contribution in [1.82, 2.24) is 0 Å². The summed E-state index contributed by atoms with van der Waals surface area (Å²) in [5, 5.41) is 14.9. The van der Waals surface area contributed by atoms with E-state index in [1.54, 1.807) is 0 Å². The molecule has 104 valence electrons. The van der Waals surface area contributed by atoms with Crippen molar-refractivity contribution < 1.29 is 9.47 Å². The second-order valence-corrected chi connectivity index (χ2v) is 3.43. The molecule has 0 aliphatic rings. The zero-order chi connectivity index (χ0) is 11.5. The normalized spacial score (nSPS) is 8.59. The summed E-state index contributed by atoms with van der Waals surface area (Å²) in [6, 6.07) is 0. The summed E-state index contributed by atoms with van der Waals surface area (Å²) in [5.41, 5.74) is 0. The topological polar surface area (TPSA) is 66.2 Å². The molecular formula is C11H24Cl2N2O2. The maximum atomic E-state index is 7.43. The van der Waals surface area contributed by atoms with Crippen LogP contribution in [0.15, 0.2) is 0 Å². The zero-order valence-corrected chi connectivity index (χ0v) is 12.2. The van der Waals surface area contributed by atoms with Gasteiger partial charge in [-0.05, 0) is 12.8 Å². The van der Waals surface area contributed by atoms with Gasteiger partial charge in [0.15, 0.2) is 11.8 Å². The summed E-state index contributed by atoms with van der Waals surface area (Å²) in [5.74, 6) is 0.259. The minimum absolute atomic E-state index is 0. The Balaban J connectivity index is -0.000000980. The Morgan fingerprint density at radius 3 is 1.47 bits per heavy atom. The smallest absolute Gasteiger partial charge is 0.189 e. The SMILES string of the molecule is CCCCOC(=N)CC(=N)OCCCC.Cl.Cl. The molecule has 6 heteroatoms. The Labute approximate surface area is 116 Å². The van der Waals surface area contributed by atoms with Gasteiger partial charge in [0.25, 0.3) is 0 Å². The van der Waals surface area contributed by atoms with Crippen LogP contribution in [0.5, 0.6) is 0 Å². The third-order valence-electron chi connectivity index (χ3n) is 1.87. The highest BCUT2D eigenvalue weighted by Crippen LogP contribution is 1.96. The van der Waals surface area contributed by atoms with Gasteiger partial charge < -0.3 is 9.47 Å². The van der Waals surface area contributed by atoms with Gasteiger partial charge in [0.2, 0.25) is 0 Å². The van der Waals surface area contributed by atoms with E-state index in [9.17, 15) is 0 Å². The summed E-state index contributed by atoms with van der Waals surface area (Å²) in [6.07, 6.45) is 4.18. The van der Waals surface area contributed by atoms with Crippen LogP contribution in [0.3, 0.4) is 0 Å². The Hall–Kier alpha value is -0.480.